The van der Waals surface area contributed by atoms with Crippen LogP contribution in [0, 0.1) is 0 Å². The molecule has 0 N–H and O–H groups in total. The molecule has 0 aliphatic rings. The fourth-order valence-electron chi connectivity index (χ4n) is 5.22. The number of rotatable bonds is 36. The second-order valence-electron chi connectivity index (χ2n) is 13.6. The predicted molar refractivity (Wildman–Crippen MR) is 224 cm³/mol. The van der Waals surface area contributed by atoms with Crippen LogP contribution in [0.15, 0.2) is 85.1 Å². The lowest BCUT2D eigenvalue weighted by molar-refractivity contribution is -0.167. The molecule has 0 heterocycles. The average Bonchev–Trinajstić information content (AvgIpc) is 3.15. The molecule has 1 atom stereocenters. The fraction of sp³-hybridized carbons (Fsp3) is 0.638. The first-order valence-corrected chi connectivity index (χ1v) is 21.2. The fourth-order valence-corrected chi connectivity index (χ4v) is 5.22. The first kappa shape index (κ1) is 49.6. The third-order valence-electron chi connectivity index (χ3n) is 8.47. The van der Waals surface area contributed by atoms with Gasteiger partial charge in [-0.2, -0.15) is 0 Å². The first-order valence-electron chi connectivity index (χ1n) is 21.2. The maximum atomic E-state index is 12.7. The molecule has 1 unspecified atom stereocenters. The number of hydrogen-bond donors (Lipinski definition) is 0. The van der Waals surface area contributed by atoms with Gasteiger partial charge in [-0.05, 0) is 77.0 Å². The van der Waals surface area contributed by atoms with Crippen LogP contribution in [0.3, 0.4) is 0 Å². The molecule has 0 saturated carbocycles. The molecule has 0 aliphatic carbocycles. The summed E-state index contributed by atoms with van der Waals surface area (Å²) in [6.07, 6.45) is 51.4. The van der Waals surface area contributed by atoms with Crippen LogP contribution >= 0.6 is 0 Å². The van der Waals surface area contributed by atoms with E-state index in [0.29, 0.717) is 12.8 Å². The highest BCUT2D eigenvalue weighted by Crippen LogP contribution is 2.11. The third kappa shape index (κ3) is 39.6. The van der Waals surface area contributed by atoms with Gasteiger partial charge in [0.05, 0.1) is 0 Å². The number of carbonyl (C=O) groups excluding carboxylic acids is 3. The van der Waals surface area contributed by atoms with E-state index in [1.54, 1.807) is 0 Å². The van der Waals surface area contributed by atoms with Crippen molar-refractivity contribution in [3.8, 4) is 0 Å². The molecule has 0 spiro atoms. The number of unbranched alkanes of at least 4 members (excludes halogenated alkanes) is 15. The predicted octanol–water partition coefficient (Wildman–Crippen LogP) is 13.3. The van der Waals surface area contributed by atoms with Gasteiger partial charge in [0.2, 0.25) is 0 Å². The Morgan fingerprint density at radius 3 is 1.17 bits per heavy atom. The minimum Gasteiger partial charge on any atom is -0.462 e. The van der Waals surface area contributed by atoms with Crippen LogP contribution < -0.4 is 0 Å². The van der Waals surface area contributed by atoms with Gasteiger partial charge in [-0.3, -0.25) is 14.4 Å². The summed E-state index contributed by atoms with van der Waals surface area (Å²) < 4.78 is 16.6. The average molecular weight is 737 g/mol. The van der Waals surface area contributed by atoms with Crippen molar-refractivity contribution in [2.45, 2.75) is 181 Å². The number of carbonyl (C=O) groups is 3. The van der Waals surface area contributed by atoms with E-state index >= 15 is 0 Å². The van der Waals surface area contributed by atoms with E-state index in [-0.39, 0.29) is 37.5 Å². The Kier molecular flexibility index (Phi) is 38.7. The topological polar surface area (TPSA) is 78.9 Å². The zero-order valence-corrected chi connectivity index (χ0v) is 34.0. The van der Waals surface area contributed by atoms with E-state index in [2.05, 4.69) is 99.8 Å². The van der Waals surface area contributed by atoms with Gasteiger partial charge in [-0.25, -0.2) is 0 Å². The Morgan fingerprint density at radius 1 is 0.396 bits per heavy atom. The first-order chi connectivity index (χ1) is 26.0. The lowest BCUT2D eigenvalue weighted by Gasteiger charge is -2.18. The molecule has 0 bridgehead atoms. The standard InChI is InChI=1S/C47H76O6/c1-4-7-10-13-16-19-22-23-26-28-31-34-37-40-46(49)52-43-44(53-47(50)41-38-35-32-29-25-21-18-15-12-9-6-3)42-51-45(48)39-36-33-30-27-24-20-17-14-11-8-5-2/h7,10,13-22,24-25,44H,4-6,8-9,11-12,23,26-43H2,1-3H3/b10-7-,16-13-,17-14-,18-15-,22-19-,24-20-,25-21-. The summed E-state index contributed by atoms with van der Waals surface area (Å²) in [7, 11) is 0. The minimum atomic E-state index is -0.807. The molecule has 0 aromatic rings. The number of ether oxygens (including phenoxy) is 3. The molecule has 53 heavy (non-hydrogen) atoms. The lowest BCUT2D eigenvalue weighted by Crippen LogP contribution is -2.30. The van der Waals surface area contributed by atoms with Crippen molar-refractivity contribution in [1.29, 1.82) is 0 Å². The van der Waals surface area contributed by atoms with Crippen LogP contribution in [0.5, 0.6) is 0 Å². The molecule has 0 aromatic carbocycles. The van der Waals surface area contributed by atoms with Crippen molar-refractivity contribution in [2.75, 3.05) is 13.2 Å². The summed E-state index contributed by atoms with van der Waals surface area (Å²) in [6, 6.07) is 0. The normalized spacial score (nSPS) is 12.9. The van der Waals surface area contributed by atoms with E-state index in [0.717, 1.165) is 109 Å². The van der Waals surface area contributed by atoms with Gasteiger partial charge in [0.15, 0.2) is 6.10 Å². The number of allylic oxidation sites excluding steroid dienone is 14. The van der Waals surface area contributed by atoms with Crippen molar-refractivity contribution in [1.82, 2.24) is 0 Å². The van der Waals surface area contributed by atoms with Gasteiger partial charge >= 0.3 is 17.9 Å². The summed E-state index contributed by atoms with van der Waals surface area (Å²) in [6.45, 7) is 6.29. The molecule has 0 fully saturated rings. The van der Waals surface area contributed by atoms with E-state index in [1.807, 2.05) is 6.08 Å². The largest absolute Gasteiger partial charge is 0.462 e. The molecule has 0 radical (unpaired) electrons. The summed E-state index contributed by atoms with van der Waals surface area (Å²) in [5.41, 5.74) is 0. The Morgan fingerprint density at radius 2 is 0.736 bits per heavy atom. The van der Waals surface area contributed by atoms with Gasteiger partial charge in [0.25, 0.3) is 0 Å². The quantitative estimate of drug-likeness (QED) is 0.0276. The summed E-state index contributed by atoms with van der Waals surface area (Å²) in [4.78, 5) is 37.6. The van der Waals surface area contributed by atoms with Gasteiger partial charge < -0.3 is 14.2 Å². The zero-order chi connectivity index (χ0) is 38.7. The van der Waals surface area contributed by atoms with Crippen molar-refractivity contribution in [3.63, 3.8) is 0 Å². The van der Waals surface area contributed by atoms with E-state index in [4.69, 9.17) is 14.2 Å². The number of esters is 3. The second-order valence-corrected chi connectivity index (χ2v) is 13.6. The van der Waals surface area contributed by atoms with Gasteiger partial charge in [0.1, 0.15) is 13.2 Å². The van der Waals surface area contributed by atoms with Gasteiger partial charge in [-0.15, -0.1) is 0 Å². The van der Waals surface area contributed by atoms with Gasteiger partial charge in [0, 0.05) is 19.3 Å². The molecule has 300 valence electrons. The Balaban J connectivity index is 4.51. The molecule has 6 nitrogen and oxygen atoms in total. The monoisotopic (exact) mass is 737 g/mol. The van der Waals surface area contributed by atoms with Crippen LogP contribution in [0.2, 0.25) is 0 Å². The summed E-state index contributed by atoms with van der Waals surface area (Å²) >= 11 is 0. The maximum Gasteiger partial charge on any atom is 0.306 e. The highest BCUT2D eigenvalue weighted by Gasteiger charge is 2.19. The van der Waals surface area contributed by atoms with Crippen LogP contribution in [0.1, 0.15) is 175 Å². The van der Waals surface area contributed by atoms with E-state index in [9.17, 15) is 14.4 Å². The Hall–Kier alpha value is -3.41. The highest BCUT2D eigenvalue weighted by atomic mass is 16.6. The lowest BCUT2D eigenvalue weighted by atomic mass is 10.1. The number of hydrogen-bond acceptors (Lipinski definition) is 6. The smallest absolute Gasteiger partial charge is 0.306 e. The van der Waals surface area contributed by atoms with Crippen molar-refractivity contribution >= 4 is 17.9 Å². The van der Waals surface area contributed by atoms with E-state index < -0.39 is 6.10 Å². The Labute approximate surface area is 325 Å². The molecule has 6 heteroatoms. The molecule has 0 amide bonds. The molecule has 0 aliphatic heterocycles. The van der Waals surface area contributed by atoms with Gasteiger partial charge in [-0.1, -0.05) is 164 Å². The van der Waals surface area contributed by atoms with Crippen LogP contribution in [-0.4, -0.2) is 37.2 Å². The molecule has 0 rings (SSSR count). The second kappa shape index (κ2) is 41.3. The van der Waals surface area contributed by atoms with Crippen molar-refractivity contribution in [2.24, 2.45) is 0 Å². The summed E-state index contributed by atoms with van der Waals surface area (Å²) in [5.74, 6) is -0.997. The van der Waals surface area contributed by atoms with Crippen LogP contribution in [0.4, 0.5) is 0 Å². The highest BCUT2D eigenvalue weighted by molar-refractivity contribution is 5.71. The molecular weight excluding hydrogens is 661 g/mol. The SMILES string of the molecule is CC\C=C/C=C\C=C/CCCCCCCC(=O)OCC(COC(=O)CCCCC/C=C\C=C/CCCC)OC(=O)CCCCC/C=C\C=C/CCCC. The Bertz CT molecular complexity index is 1080. The minimum absolute atomic E-state index is 0.108. The molecule has 0 aromatic heterocycles. The van der Waals surface area contributed by atoms with Crippen LogP contribution in [-0.2, 0) is 28.6 Å². The van der Waals surface area contributed by atoms with E-state index in [1.165, 1.54) is 25.7 Å². The third-order valence-corrected chi connectivity index (χ3v) is 8.47. The zero-order valence-electron chi connectivity index (χ0n) is 34.0. The summed E-state index contributed by atoms with van der Waals surface area (Å²) in [5, 5.41) is 0. The van der Waals surface area contributed by atoms with Crippen LogP contribution in [0.25, 0.3) is 0 Å². The maximum absolute atomic E-state index is 12.7. The van der Waals surface area contributed by atoms with Crippen molar-refractivity contribution < 1.29 is 28.6 Å². The molecule has 0 saturated heterocycles. The molecular formula is C47H76O6. The van der Waals surface area contributed by atoms with Crippen molar-refractivity contribution in [3.05, 3.63) is 85.1 Å².